The number of likely N-dealkylation sites (N-methyl/N-ethyl adjacent to an activating group) is 1. The fraction of sp³-hybridized carbons (Fsp3) is 0.500. The van der Waals surface area contributed by atoms with Crippen molar-refractivity contribution >= 4 is 17.9 Å². The molecule has 2 aliphatic rings. The smallest absolute Gasteiger partial charge is 0.327 e. The van der Waals surface area contributed by atoms with Gasteiger partial charge in [-0.1, -0.05) is 24.4 Å². The normalized spacial score (nSPS) is 17.5. The second-order valence-corrected chi connectivity index (χ2v) is 8.06. The third-order valence-corrected chi connectivity index (χ3v) is 6.25. The molecule has 4 rings (SSSR count). The van der Waals surface area contributed by atoms with Crippen LogP contribution in [0.15, 0.2) is 22.7 Å². The van der Waals surface area contributed by atoms with Gasteiger partial charge >= 0.3 is 12.0 Å². The van der Waals surface area contributed by atoms with E-state index in [9.17, 15) is 14.4 Å². The maximum absolute atomic E-state index is 13.0. The van der Waals surface area contributed by atoms with E-state index in [0.29, 0.717) is 29.9 Å². The van der Waals surface area contributed by atoms with Gasteiger partial charge < -0.3 is 23.6 Å². The second kappa shape index (κ2) is 9.08. The number of imide groups is 1. The molecule has 0 atom stereocenters. The number of nitrogens with zero attached hydrogens (tertiary/aromatic N) is 4. The summed E-state index contributed by atoms with van der Waals surface area (Å²) in [5.74, 6) is 0.353. The van der Waals surface area contributed by atoms with Crippen LogP contribution >= 0.6 is 0 Å². The molecule has 1 saturated heterocycles. The van der Waals surface area contributed by atoms with Crippen LogP contribution in [0, 0.1) is 0 Å². The molecule has 2 aromatic rings. The molecule has 1 aromatic heterocycles. The fourth-order valence-electron chi connectivity index (χ4n) is 4.39. The number of esters is 1. The minimum atomic E-state index is -0.839. The Hall–Kier alpha value is -3.63. The lowest BCUT2D eigenvalue weighted by molar-refractivity contribution is -0.149. The standard InChI is InChI=1S/C22H26N4O7/c1-25-21(29)26(20(28)22(25)9-5-4-6-10-22)12-18(27)32-13-17-23-19(24-33-17)15-8-7-14(30-2)11-16(15)31-3/h7-8,11H,4-6,9-10,12-13H2,1-3H3. The number of hydrogen-bond donors (Lipinski definition) is 0. The lowest BCUT2D eigenvalue weighted by atomic mass is 9.81. The van der Waals surface area contributed by atoms with Crippen LogP contribution in [-0.2, 0) is 20.9 Å². The Morgan fingerprint density at radius 2 is 1.91 bits per heavy atom. The average molecular weight is 458 g/mol. The summed E-state index contributed by atoms with van der Waals surface area (Å²) in [6, 6.07) is 4.66. The summed E-state index contributed by atoms with van der Waals surface area (Å²) in [6.45, 7) is -0.751. The Morgan fingerprint density at radius 3 is 2.61 bits per heavy atom. The van der Waals surface area contributed by atoms with Crippen molar-refractivity contribution in [2.24, 2.45) is 0 Å². The molecule has 0 N–H and O–H groups in total. The molecular formula is C22H26N4O7. The van der Waals surface area contributed by atoms with Gasteiger partial charge in [0, 0.05) is 13.1 Å². The molecule has 176 valence electrons. The molecule has 0 bridgehead atoms. The number of ether oxygens (including phenoxy) is 3. The Bertz CT molecular complexity index is 1060. The predicted molar refractivity (Wildman–Crippen MR) is 113 cm³/mol. The summed E-state index contributed by atoms with van der Waals surface area (Å²) in [4.78, 5) is 44.6. The number of hydrogen-bond acceptors (Lipinski definition) is 9. The van der Waals surface area contributed by atoms with E-state index in [0.717, 1.165) is 24.2 Å². The van der Waals surface area contributed by atoms with Crippen molar-refractivity contribution in [1.29, 1.82) is 0 Å². The number of aromatic nitrogens is 2. The Morgan fingerprint density at radius 1 is 1.15 bits per heavy atom. The first-order valence-corrected chi connectivity index (χ1v) is 10.7. The highest BCUT2D eigenvalue weighted by molar-refractivity contribution is 6.08. The molecule has 0 radical (unpaired) electrons. The predicted octanol–water partition coefficient (Wildman–Crippen LogP) is 2.39. The third kappa shape index (κ3) is 4.10. The van der Waals surface area contributed by atoms with E-state index in [1.807, 2.05) is 0 Å². The Balaban J connectivity index is 1.38. The summed E-state index contributed by atoms with van der Waals surface area (Å²) in [7, 11) is 4.67. The van der Waals surface area contributed by atoms with E-state index >= 15 is 0 Å². The zero-order chi connectivity index (χ0) is 23.6. The quantitative estimate of drug-likeness (QED) is 0.454. The highest BCUT2D eigenvalue weighted by Gasteiger charge is 2.55. The topological polar surface area (TPSA) is 124 Å². The van der Waals surface area contributed by atoms with Gasteiger partial charge in [-0.05, 0) is 25.0 Å². The first kappa shape index (κ1) is 22.6. The van der Waals surface area contributed by atoms with Gasteiger partial charge in [0.15, 0.2) is 6.61 Å². The lowest BCUT2D eigenvalue weighted by Crippen LogP contribution is -2.49. The van der Waals surface area contributed by atoms with Gasteiger partial charge in [0.25, 0.3) is 11.8 Å². The molecule has 1 aliphatic carbocycles. The van der Waals surface area contributed by atoms with Gasteiger partial charge in [-0.25, -0.2) is 4.79 Å². The van der Waals surface area contributed by atoms with Crippen LogP contribution in [0.25, 0.3) is 11.4 Å². The molecule has 1 spiro atoms. The molecule has 2 heterocycles. The summed E-state index contributed by atoms with van der Waals surface area (Å²) in [5.41, 5.74) is -0.261. The van der Waals surface area contributed by atoms with E-state index in [2.05, 4.69) is 10.1 Å². The molecular weight excluding hydrogens is 432 g/mol. The number of amides is 3. The van der Waals surface area contributed by atoms with Crippen molar-refractivity contribution in [1.82, 2.24) is 19.9 Å². The van der Waals surface area contributed by atoms with Gasteiger partial charge in [0.05, 0.1) is 19.8 Å². The molecule has 0 unspecified atom stereocenters. The SMILES string of the molecule is COc1ccc(-c2noc(COC(=O)CN3C(=O)N(C)C4(CCCCC4)C3=O)n2)c(OC)c1. The van der Waals surface area contributed by atoms with Gasteiger partial charge in [-0.15, -0.1) is 0 Å². The number of carbonyl (C=O) groups is 3. The fourth-order valence-corrected chi connectivity index (χ4v) is 4.39. The largest absolute Gasteiger partial charge is 0.497 e. The molecule has 1 aromatic carbocycles. The first-order chi connectivity index (χ1) is 15.9. The summed E-state index contributed by atoms with van der Waals surface area (Å²) < 4.78 is 20.9. The lowest BCUT2D eigenvalue weighted by Gasteiger charge is -2.35. The summed E-state index contributed by atoms with van der Waals surface area (Å²) in [6.07, 6.45) is 4.01. The molecule has 3 amide bonds. The van der Waals surface area contributed by atoms with Crippen LogP contribution < -0.4 is 9.47 Å². The van der Waals surface area contributed by atoms with Crippen molar-refractivity contribution in [2.45, 2.75) is 44.2 Å². The zero-order valence-electron chi connectivity index (χ0n) is 18.8. The van der Waals surface area contributed by atoms with Crippen LogP contribution in [0.2, 0.25) is 0 Å². The molecule has 33 heavy (non-hydrogen) atoms. The maximum atomic E-state index is 13.0. The van der Waals surface area contributed by atoms with Crippen LogP contribution in [0.4, 0.5) is 4.79 Å². The van der Waals surface area contributed by atoms with E-state index in [1.165, 1.54) is 12.0 Å². The zero-order valence-corrected chi connectivity index (χ0v) is 18.8. The van der Waals surface area contributed by atoms with Gasteiger partial charge in [-0.2, -0.15) is 4.98 Å². The highest BCUT2D eigenvalue weighted by atomic mass is 16.6. The van der Waals surface area contributed by atoms with Crippen LogP contribution in [0.5, 0.6) is 11.5 Å². The molecule has 11 heteroatoms. The van der Waals surface area contributed by atoms with Crippen LogP contribution in [0.1, 0.15) is 38.0 Å². The van der Waals surface area contributed by atoms with Crippen molar-refractivity contribution in [3.8, 4) is 22.9 Å². The number of rotatable bonds is 7. The first-order valence-electron chi connectivity index (χ1n) is 10.7. The third-order valence-electron chi connectivity index (χ3n) is 6.25. The van der Waals surface area contributed by atoms with Crippen molar-refractivity contribution in [3.63, 3.8) is 0 Å². The molecule has 1 aliphatic heterocycles. The second-order valence-electron chi connectivity index (χ2n) is 8.06. The molecule has 1 saturated carbocycles. The minimum Gasteiger partial charge on any atom is -0.497 e. The summed E-state index contributed by atoms with van der Waals surface area (Å²) in [5, 5.41) is 3.90. The maximum Gasteiger partial charge on any atom is 0.327 e. The van der Waals surface area contributed by atoms with E-state index in [1.54, 1.807) is 32.4 Å². The van der Waals surface area contributed by atoms with Gasteiger partial charge in [0.2, 0.25) is 5.82 Å². The number of urea groups is 1. The monoisotopic (exact) mass is 458 g/mol. The Kier molecular flexibility index (Phi) is 6.21. The highest BCUT2D eigenvalue weighted by Crippen LogP contribution is 2.39. The minimum absolute atomic E-state index is 0.0659. The van der Waals surface area contributed by atoms with Gasteiger partial charge in [0.1, 0.15) is 23.6 Å². The number of carbonyl (C=O) groups excluding carboxylic acids is 3. The average Bonchev–Trinajstić information content (AvgIpc) is 3.38. The Labute approximate surface area is 190 Å². The van der Waals surface area contributed by atoms with Gasteiger partial charge in [-0.3, -0.25) is 14.5 Å². The van der Waals surface area contributed by atoms with Crippen molar-refractivity contribution in [2.75, 3.05) is 27.8 Å². The van der Waals surface area contributed by atoms with Crippen molar-refractivity contribution in [3.05, 3.63) is 24.1 Å². The van der Waals surface area contributed by atoms with E-state index in [4.69, 9.17) is 18.7 Å². The molecule has 2 fully saturated rings. The van der Waals surface area contributed by atoms with E-state index < -0.39 is 24.1 Å². The van der Waals surface area contributed by atoms with E-state index in [-0.39, 0.29) is 24.2 Å². The number of benzene rings is 1. The van der Waals surface area contributed by atoms with Crippen molar-refractivity contribution < 1.29 is 33.1 Å². The van der Waals surface area contributed by atoms with Crippen LogP contribution in [-0.4, -0.2) is 71.2 Å². The number of methoxy groups -OCH3 is 2. The molecule has 11 nitrogen and oxygen atoms in total. The van der Waals surface area contributed by atoms with Crippen LogP contribution in [0.3, 0.4) is 0 Å². The summed E-state index contributed by atoms with van der Waals surface area (Å²) >= 11 is 0.